The fourth-order valence-corrected chi connectivity index (χ4v) is 2.57. The van der Waals surface area contributed by atoms with Crippen LogP contribution in [0.3, 0.4) is 0 Å². The molecule has 0 bridgehead atoms. The van der Waals surface area contributed by atoms with Crippen molar-refractivity contribution in [2.24, 2.45) is 0 Å². The third-order valence-corrected chi connectivity index (χ3v) is 3.99. The molecule has 116 valence electrons. The molecule has 0 heterocycles. The Hall–Kier alpha value is -2.78. The summed E-state index contributed by atoms with van der Waals surface area (Å²) in [5, 5.41) is 18.4. The molecule has 1 atom stereocenters. The lowest BCUT2D eigenvalue weighted by Crippen LogP contribution is -2.03. The van der Waals surface area contributed by atoms with Crippen LogP contribution in [0.4, 0.5) is 0 Å². The summed E-state index contributed by atoms with van der Waals surface area (Å²) in [4.78, 5) is 0. The Morgan fingerprint density at radius 1 is 1.00 bits per heavy atom. The first-order chi connectivity index (χ1) is 11.1. The summed E-state index contributed by atoms with van der Waals surface area (Å²) >= 11 is 0. The van der Waals surface area contributed by atoms with Gasteiger partial charge < -0.3 is 4.74 Å². The summed E-state index contributed by atoms with van der Waals surface area (Å²) in [6.45, 7) is 4.29. The number of nitriles is 2. The first-order valence-electron chi connectivity index (χ1n) is 7.65. The highest BCUT2D eigenvalue weighted by Crippen LogP contribution is 2.29. The van der Waals surface area contributed by atoms with Crippen LogP contribution in [-0.2, 0) is 6.42 Å². The van der Waals surface area contributed by atoms with Gasteiger partial charge in [0.25, 0.3) is 0 Å². The van der Waals surface area contributed by atoms with Crippen LogP contribution in [0.15, 0.2) is 42.5 Å². The molecule has 23 heavy (non-hydrogen) atoms. The fraction of sp³-hybridized carbons (Fsp3) is 0.300. The Balaban J connectivity index is 2.32. The molecule has 1 unspecified atom stereocenters. The van der Waals surface area contributed by atoms with E-state index in [0.717, 1.165) is 16.9 Å². The van der Waals surface area contributed by atoms with E-state index in [1.54, 1.807) is 19.2 Å². The van der Waals surface area contributed by atoms with Crippen molar-refractivity contribution in [3.05, 3.63) is 64.7 Å². The topological polar surface area (TPSA) is 56.8 Å². The van der Waals surface area contributed by atoms with Gasteiger partial charge >= 0.3 is 0 Å². The normalized spacial score (nSPS) is 11.6. The number of rotatable bonds is 5. The predicted octanol–water partition coefficient (Wildman–Crippen LogP) is 4.54. The first-order valence-corrected chi connectivity index (χ1v) is 7.65. The van der Waals surface area contributed by atoms with Crippen molar-refractivity contribution in [3.8, 4) is 17.9 Å². The maximum atomic E-state index is 9.55. The van der Waals surface area contributed by atoms with Crippen molar-refractivity contribution in [2.45, 2.75) is 32.1 Å². The molecule has 0 fully saturated rings. The minimum Gasteiger partial charge on any atom is -0.496 e. The van der Waals surface area contributed by atoms with Crippen LogP contribution < -0.4 is 4.74 Å². The largest absolute Gasteiger partial charge is 0.496 e. The lowest BCUT2D eigenvalue weighted by Gasteiger charge is -2.15. The second-order valence-electron chi connectivity index (χ2n) is 5.85. The Morgan fingerprint density at radius 3 is 2.17 bits per heavy atom. The highest BCUT2D eigenvalue weighted by Gasteiger charge is 2.15. The van der Waals surface area contributed by atoms with Gasteiger partial charge in [-0.2, -0.15) is 10.5 Å². The van der Waals surface area contributed by atoms with Crippen molar-refractivity contribution in [2.75, 3.05) is 7.11 Å². The molecule has 2 aromatic rings. The van der Waals surface area contributed by atoms with E-state index in [4.69, 9.17) is 10.00 Å². The monoisotopic (exact) mass is 304 g/mol. The average Bonchev–Trinajstić information content (AvgIpc) is 2.59. The van der Waals surface area contributed by atoms with Gasteiger partial charge in [-0.3, -0.25) is 0 Å². The smallest absolute Gasteiger partial charge is 0.122 e. The summed E-state index contributed by atoms with van der Waals surface area (Å²) in [5.41, 5.74) is 3.79. The third kappa shape index (κ3) is 3.90. The molecule has 0 aliphatic heterocycles. The summed E-state index contributed by atoms with van der Waals surface area (Å²) in [5.74, 6) is 0.970. The standard InChI is InChI=1S/C20H20N2O/c1-14(2)17-8-9-20(23-3)18(10-17)11-19(13-22)16-6-4-15(12-21)5-7-16/h4-10,14,19H,11H2,1-3H3. The number of methoxy groups -OCH3 is 1. The van der Waals surface area contributed by atoms with Gasteiger partial charge in [-0.05, 0) is 47.2 Å². The highest BCUT2D eigenvalue weighted by molar-refractivity contribution is 5.42. The molecule has 2 rings (SSSR count). The zero-order valence-electron chi connectivity index (χ0n) is 13.7. The average molecular weight is 304 g/mol. The zero-order valence-corrected chi connectivity index (χ0v) is 13.7. The van der Waals surface area contributed by atoms with E-state index in [-0.39, 0.29) is 5.92 Å². The predicted molar refractivity (Wildman–Crippen MR) is 90.3 cm³/mol. The van der Waals surface area contributed by atoms with Gasteiger partial charge in [0.2, 0.25) is 0 Å². The van der Waals surface area contributed by atoms with Crippen LogP contribution in [0, 0.1) is 22.7 Å². The van der Waals surface area contributed by atoms with Gasteiger partial charge in [-0.25, -0.2) is 0 Å². The Morgan fingerprint density at radius 2 is 1.65 bits per heavy atom. The van der Waals surface area contributed by atoms with E-state index in [2.05, 4.69) is 38.1 Å². The van der Waals surface area contributed by atoms with Crippen LogP contribution in [0.2, 0.25) is 0 Å². The van der Waals surface area contributed by atoms with Gasteiger partial charge in [-0.15, -0.1) is 0 Å². The Bertz CT molecular complexity index is 749. The van der Waals surface area contributed by atoms with Crippen LogP contribution in [-0.4, -0.2) is 7.11 Å². The lowest BCUT2D eigenvalue weighted by molar-refractivity contribution is 0.408. The molecule has 0 N–H and O–H groups in total. The van der Waals surface area contributed by atoms with E-state index in [9.17, 15) is 5.26 Å². The molecule has 0 aliphatic rings. The third-order valence-electron chi connectivity index (χ3n) is 3.99. The second-order valence-corrected chi connectivity index (χ2v) is 5.85. The van der Waals surface area contributed by atoms with Gasteiger partial charge in [-0.1, -0.05) is 38.1 Å². The molecule has 0 aromatic heterocycles. The zero-order chi connectivity index (χ0) is 16.8. The number of benzene rings is 2. The SMILES string of the molecule is COc1ccc(C(C)C)cc1CC(C#N)c1ccc(C#N)cc1. The number of hydrogen-bond acceptors (Lipinski definition) is 3. The molecule has 0 saturated carbocycles. The molecule has 2 aromatic carbocycles. The van der Waals surface area contributed by atoms with Gasteiger partial charge in [0.1, 0.15) is 5.75 Å². The molecular weight excluding hydrogens is 284 g/mol. The molecule has 0 aliphatic carbocycles. The maximum absolute atomic E-state index is 9.55. The van der Waals surface area contributed by atoms with E-state index in [0.29, 0.717) is 17.9 Å². The molecule has 0 saturated heterocycles. The number of hydrogen-bond donors (Lipinski definition) is 0. The molecule has 3 heteroatoms. The van der Waals surface area contributed by atoms with Gasteiger partial charge in [0.15, 0.2) is 0 Å². The molecule has 3 nitrogen and oxygen atoms in total. The van der Waals surface area contributed by atoms with Crippen molar-refractivity contribution >= 4 is 0 Å². The van der Waals surface area contributed by atoms with Crippen molar-refractivity contribution in [3.63, 3.8) is 0 Å². The van der Waals surface area contributed by atoms with E-state index < -0.39 is 0 Å². The minimum atomic E-state index is -0.265. The van der Waals surface area contributed by atoms with Gasteiger partial charge in [0.05, 0.1) is 30.7 Å². The molecular formula is C20H20N2O. The van der Waals surface area contributed by atoms with Crippen LogP contribution in [0.5, 0.6) is 5.75 Å². The summed E-state index contributed by atoms with van der Waals surface area (Å²) in [6.07, 6.45) is 0.589. The quantitative estimate of drug-likeness (QED) is 0.814. The van der Waals surface area contributed by atoms with E-state index >= 15 is 0 Å². The minimum absolute atomic E-state index is 0.265. The number of ether oxygens (including phenoxy) is 1. The van der Waals surface area contributed by atoms with Crippen LogP contribution in [0.1, 0.15) is 47.9 Å². The van der Waals surface area contributed by atoms with Crippen molar-refractivity contribution in [1.29, 1.82) is 10.5 Å². The Labute approximate surface area is 137 Å². The van der Waals surface area contributed by atoms with E-state index in [1.807, 2.05) is 18.2 Å². The van der Waals surface area contributed by atoms with Crippen molar-refractivity contribution in [1.82, 2.24) is 0 Å². The molecule has 0 spiro atoms. The summed E-state index contributed by atoms with van der Waals surface area (Å²) < 4.78 is 5.45. The Kier molecular flexibility index (Phi) is 5.39. The van der Waals surface area contributed by atoms with Crippen LogP contribution >= 0.6 is 0 Å². The van der Waals surface area contributed by atoms with Gasteiger partial charge in [0, 0.05) is 0 Å². The first kappa shape index (κ1) is 16.6. The van der Waals surface area contributed by atoms with Crippen molar-refractivity contribution < 1.29 is 4.74 Å². The van der Waals surface area contributed by atoms with E-state index in [1.165, 1.54) is 5.56 Å². The second kappa shape index (κ2) is 7.47. The summed E-state index contributed by atoms with van der Waals surface area (Å²) in [6, 6.07) is 17.8. The maximum Gasteiger partial charge on any atom is 0.122 e. The molecule has 0 radical (unpaired) electrons. The summed E-state index contributed by atoms with van der Waals surface area (Å²) in [7, 11) is 1.65. The number of nitrogens with zero attached hydrogens (tertiary/aromatic N) is 2. The van der Waals surface area contributed by atoms with Crippen LogP contribution in [0.25, 0.3) is 0 Å². The molecule has 0 amide bonds. The highest BCUT2D eigenvalue weighted by atomic mass is 16.5. The lowest BCUT2D eigenvalue weighted by atomic mass is 9.90. The fourth-order valence-electron chi connectivity index (χ4n) is 2.57.